The molecule has 10 N–H and O–H groups in total. The largest absolute Gasteiger partial charge is 0.478 e. The first-order valence-electron chi connectivity index (χ1n) is 27.2. The summed E-state index contributed by atoms with van der Waals surface area (Å²) < 4.78 is 49.6. The standard InChI is InChI=1S/C22H27FN4O2.C17H15FN2O2.C16H13FN2O3.C6H16N2.Cl2OS/c1-5-27(6-2)10-9-24-22(29)20-13(3)19(25-14(20)4)12-17-16-11-15(23)7-8-18(16)26-21(17)28;1-8-15(19-9(2)16(8)10(3)21)7-13-12-6-11(18)4-5-14(12)20-17(13)22;1-7-13(18-8(2)14(7)16(21)22)6-11-10-5-9(17)3-4-12(10)19-15(11)20;1-3-8(4-2)6-5-7;1-4(2)3/h7-8,11-12,25H,5-6,9-10H2,1-4H3,(H,24,29)(H,26,28);4-7,19H,1-3H3,(H,20,22);3-6,18H,1-2H3,(H,19,20)(H,21,22);3-7H2,1-2H3;/b17-12-;13-7-;11-6-;;. The van der Waals surface area contributed by atoms with Crippen LogP contribution in [0.5, 0.6) is 0 Å². The van der Waals surface area contributed by atoms with Crippen molar-refractivity contribution >= 4 is 118 Å². The number of Topliss-reactive ketones (excluding diaryl/α,β-unsaturated/α-hetero) is 1. The quantitative estimate of drug-likeness (QED) is 0.0265. The molecule has 3 aromatic heterocycles. The number of rotatable bonds is 15. The molecule has 3 aromatic carbocycles. The van der Waals surface area contributed by atoms with E-state index in [0.29, 0.717) is 96.5 Å². The molecule has 0 unspecified atom stereocenters. The highest BCUT2D eigenvalue weighted by molar-refractivity contribution is 8.26. The predicted molar refractivity (Wildman–Crippen MR) is 333 cm³/mol. The van der Waals surface area contributed by atoms with Gasteiger partial charge in [-0.25, -0.2) is 22.2 Å². The highest BCUT2D eigenvalue weighted by Gasteiger charge is 2.29. The summed E-state index contributed by atoms with van der Waals surface area (Å²) in [6, 6.07) is 12.4. The number of halogens is 5. The Bertz CT molecular complexity index is 3490. The number of aryl methyl sites for hydroxylation is 3. The summed E-state index contributed by atoms with van der Waals surface area (Å²) in [5, 5.41) is 20.3. The summed E-state index contributed by atoms with van der Waals surface area (Å²) in [4.78, 5) is 85.9. The van der Waals surface area contributed by atoms with Crippen LogP contribution >= 0.6 is 21.4 Å². The number of nitrogens with two attached hydrogens (primary N) is 1. The fourth-order valence-electron chi connectivity index (χ4n) is 9.97. The Morgan fingerprint density at radius 2 is 0.894 bits per heavy atom. The van der Waals surface area contributed by atoms with Gasteiger partial charge < -0.3 is 56.9 Å². The number of carboxylic acid groups (broad SMARTS) is 1. The molecule has 18 nitrogen and oxygen atoms in total. The third kappa shape index (κ3) is 17.2. The average Bonchev–Trinajstić information content (AvgIpc) is 4.22. The summed E-state index contributed by atoms with van der Waals surface area (Å²) >= 11 is 0. The zero-order valence-electron chi connectivity index (χ0n) is 49.2. The van der Waals surface area contributed by atoms with Crippen molar-refractivity contribution in [3.63, 3.8) is 0 Å². The number of amides is 4. The van der Waals surface area contributed by atoms with Crippen LogP contribution in [0.4, 0.5) is 30.2 Å². The number of nitrogens with one attached hydrogen (secondary N) is 7. The van der Waals surface area contributed by atoms with E-state index in [1.54, 1.807) is 38.1 Å². The number of H-pyrrole nitrogens is 3. The normalized spacial score (nSPS) is 14.1. The highest BCUT2D eigenvalue weighted by atomic mass is 36.0. The molecule has 3 aliphatic heterocycles. The van der Waals surface area contributed by atoms with Crippen molar-refractivity contribution < 1.29 is 51.3 Å². The van der Waals surface area contributed by atoms with E-state index >= 15 is 0 Å². The van der Waals surface area contributed by atoms with E-state index in [1.165, 1.54) is 55.5 Å². The SMILES string of the molecule is CC(=O)c1c(C)[nH]c(/C=C2\C(=O)Nc3ccc(F)cc32)c1C.CCN(CC)CCN.CCN(CC)CCNC(=O)c1c(C)[nH]c(/C=C2\C(=O)Nc3ccc(F)cc32)c1C.Cc1[nH]c(/C=C2\C(=O)Nc3ccc(F)cc32)c(C)c1C(=O)O.O=S(Cl)Cl. The van der Waals surface area contributed by atoms with Gasteiger partial charge in [-0.1, -0.05) is 27.7 Å². The molecule has 454 valence electrons. The Labute approximate surface area is 503 Å². The first-order chi connectivity index (χ1) is 40.2. The molecule has 6 heterocycles. The molecule has 0 spiro atoms. The number of benzene rings is 3. The van der Waals surface area contributed by atoms with Gasteiger partial charge in [-0.3, -0.25) is 24.0 Å². The van der Waals surface area contributed by atoms with Crippen LogP contribution in [0.1, 0.15) is 133 Å². The zero-order chi connectivity index (χ0) is 63.1. The number of ketones is 1. The van der Waals surface area contributed by atoms with Crippen LogP contribution in [0.15, 0.2) is 54.6 Å². The first-order valence-corrected chi connectivity index (χ1v) is 30.0. The number of hydrogen-bond acceptors (Lipinski definition) is 10. The van der Waals surface area contributed by atoms with E-state index in [0.717, 1.165) is 68.3 Å². The van der Waals surface area contributed by atoms with E-state index in [4.69, 9.17) is 9.94 Å². The van der Waals surface area contributed by atoms with Crippen molar-refractivity contribution in [3.8, 4) is 0 Å². The minimum atomic E-state index is -1.67. The molecule has 0 saturated carbocycles. The van der Waals surface area contributed by atoms with Crippen molar-refractivity contribution in [1.29, 1.82) is 0 Å². The van der Waals surface area contributed by atoms with E-state index < -0.39 is 32.6 Å². The number of hydrogen-bond donors (Lipinski definition) is 9. The molecular formula is C61H71Cl2F3N10O8S. The van der Waals surface area contributed by atoms with Crippen LogP contribution in [0.2, 0.25) is 0 Å². The third-order valence-corrected chi connectivity index (χ3v) is 14.3. The van der Waals surface area contributed by atoms with Gasteiger partial charge in [0.1, 0.15) is 17.5 Å². The summed E-state index contributed by atoms with van der Waals surface area (Å²) in [6.45, 7) is 27.9. The first kappa shape index (κ1) is 67.9. The molecule has 0 bridgehead atoms. The molecule has 3 aliphatic rings. The van der Waals surface area contributed by atoms with Crippen molar-refractivity contribution in [3.05, 3.63) is 156 Å². The number of carbonyl (C=O) groups excluding carboxylic acids is 5. The summed E-state index contributed by atoms with van der Waals surface area (Å²) in [6.07, 6.45) is 4.89. The molecule has 0 atom stereocenters. The van der Waals surface area contributed by atoms with Crippen molar-refractivity contribution in [2.75, 3.05) is 68.3 Å². The third-order valence-electron chi connectivity index (χ3n) is 14.3. The Hall–Kier alpha value is -7.86. The van der Waals surface area contributed by atoms with Gasteiger partial charge in [0.2, 0.25) is 9.23 Å². The number of carbonyl (C=O) groups is 6. The van der Waals surface area contributed by atoms with Gasteiger partial charge in [-0.05, 0) is 164 Å². The number of aromatic carboxylic acids is 1. The number of likely N-dealkylation sites (N-methyl/N-ethyl adjacent to an activating group) is 2. The van der Waals surface area contributed by atoms with Gasteiger partial charge in [-0.15, -0.1) is 0 Å². The van der Waals surface area contributed by atoms with E-state index in [-0.39, 0.29) is 35.0 Å². The topological polar surface area (TPSA) is 268 Å². The number of aromatic nitrogens is 3. The number of fused-ring (bicyclic) bond motifs is 3. The van der Waals surface area contributed by atoms with Gasteiger partial charge in [-0.2, -0.15) is 0 Å². The molecule has 24 heteroatoms. The van der Waals surface area contributed by atoms with Gasteiger partial charge >= 0.3 is 5.97 Å². The minimum Gasteiger partial charge on any atom is -0.478 e. The molecule has 0 radical (unpaired) electrons. The Kier molecular flexibility index (Phi) is 24.6. The monoisotopic (exact) mass is 1230 g/mol. The number of nitrogens with zero attached hydrogens (tertiary/aromatic N) is 2. The van der Waals surface area contributed by atoms with E-state index in [1.807, 2.05) is 27.7 Å². The van der Waals surface area contributed by atoms with E-state index in [9.17, 15) is 47.0 Å². The maximum atomic E-state index is 13.7. The second-order valence-electron chi connectivity index (χ2n) is 19.7. The van der Waals surface area contributed by atoms with Gasteiger partial charge in [0.15, 0.2) is 5.78 Å². The van der Waals surface area contributed by atoms with Crippen LogP contribution in [-0.2, 0) is 23.6 Å². The second kappa shape index (κ2) is 30.8. The lowest BCUT2D eigenvalue weighted by atomic mass is 10.0. The van der Waals surface area contributed by atoms with Crippen molar-refractivity contribution in [2.24, 2.45) is 5.73 Å². The van der Waals surface area contributed by atoms with Crippen molar-refractivity contribution in [1.82, 2.24) is 30.1 Å². The molecule has 0 fully saturated rings. The summed E-state index contributed by atoms with van der Waals surface area (Å²) in [5.41, 5.74) is 17.0. The lowest BCUT2D eigenvalue weighted by Gasteiger charge is -2.18. The molecule has 4 amide bonds. The van der Waals surface area contributed by atoms with Crippen LogP contribution in [0, 0.1) is 59.0 Å². The maximum Gasteiger partial charge on any atom is 0.337 e. The van der Waals surface area contributed by atoms with Crippen LogP contribution < -0.4 is 27.0 Å². The number of anilines is 3. The molecule has 9 rings (SSSR count). The van der Waals surface area contributed by atoms with Crippen LogP contribution in [0.3, 0.4) is 0 Å². The molecule has 85 heavy (non-hydrogen) atoms. The maximum absolute atomic E-state index is 13.7. The predicted octanol–water partition coefficient (Wildman–Crippen LogP) is 11.1. The van der Waals surface area contributed by atoms with Crippen LogP contribution in [0.25, 0.3) is 34.9 Å². The van der Waals surface area contributed by atoms with Gasteiger partial charge in [0.05, 0.1) is 27.8 Å². The average molecular weight is 1230 g/mol. The van der Waals surface area contributed by atoms with Gasteiger partial charge in [0.25, 0.3) is 23.6 Å². The zero-order valence-corrected chi connectivity index (χ0v) is 51.5. The molecule has 0 aliphatic carbocycles. The Morgan fingerprint density at radius 1 is 0.576 bits per heavy atom. The Morgan fingerprint density at radius 3 is 1.19 bits per heavy atom. The van der Waals surface area contributed by atoms with Gasteiger partial charge in [0, 0.05) is 121 Å². The number of aromatic amines is 3. The fraction of sp³-hybridized carbons (Fsp3) is 0.311. The Balaban J connectivity index is 0.000000214. The summed E-state index contributed by atoms with van der Waals surface area (Å²) in [5.74, 6) is -3.36. The van der Waals surface area contributed by atoms with Crippen molar-refractivity contribution in [2.45, 2.75) is 76.2 Å². The fourth-order valence-corrected chi connectivity index (χ4v) is 9.97. The lowest BCUT2D eigenvalue weighted by molar-refractivity contribution is -0.111. The molecular weight excluding hydrogens is 1160 g/mol. The minimum absolute atomic E-state index is 0.0294. The second-order valence-corrected chi connectivity index (χ2v) is 22.3. The summed E-state index contributed by atoms with van der Waals surface area (Å²) in [7, 11) is 7.36. The van der Waals surface area contributed by atoms with Crippen LogP contribution in [-0.4, -0.2) is 122 Å². The highest BCUT2D eigenvalue weighted by Crippen LogP contribution is 2.37. The molecule has 0 saturated heterocycles. The van der Waals surface area contributed by atoms with E-state index in [2.05, 4.69) is 95.1 Å². The smallest absolute Gasteiger partial charge is 0.337 e. The number of carboxylic acids is 1. The lowest BCUT2D eigenvalue weighted by Crippen LogP contribution is -2.35. The molecule has 6 aromatic rings.